The molecular weight excluding hydrogens is 749 g/mol. The van der Waals surface area contributed by atoms with Crippen molar-refractivity contribution in [2.45, 2.75) is 220 Å². The molecule has 5 aliphatic rings. The minimum Gasteiger partial charge on any atom is -0.463 e. The molecule has 1 heterocycles. The quantitative estimate of drug-likeness (QED) is 0.0535. The van der Waals surface area contributed by atoms with Crippen molar-refractivity contribution in [3.05, 3.63) is 48.1 Å². The highest BCUT2D eigenvalue weighted by Crippen LogP contribution is 2.67. The summed E-state index contributed by atoms with van der Waals surface area (Å²) < 4.78 is 18.0. The maximum absolute atomic E-state index is 12.6. The van der Waals surface area contributed by atoms with Crippen molar-refractivity contribution in [2.24, 2.45) is 52.3 Å². The Morgan fingerprint density at radius 2 is 1.55 bits per heavy atom. The van der Waals surface area contributed by atoms with Crippen molar-refractivity contribution in [1.29, 1.82) is 0 Å². The molecular formula is C53H88O7. The number of aliphatic hydroxyl groups excluding tert-OH is 3. The molecule has 1 unspecified atom stereocenters. The first-order valence-electron chi connectivity index (χ1n) is 25.0. The minimum atomic E-state index is -1.45. The van der Waals surface area contributed by atoms with Gasteiger partial charge in [-0.2, -0.15) is 0 Å². The maximum Gasteiger partial charge on any atom is 0.305 e. The predicted molar refractivity (Wildman–Crippen MR) is 244 cm³/mol. The first kappa shape index (κ1) is 49.2. The number of esters is 1. The summed E-state index contributed by atoms with van der Waals surface area (Å²) in [5.74, 6) is 5.19. The van der Waals surface area contributed by atoms with E-state index in [0.29, 0.717) is 17.8 Å². The van der Waals surface area contributed by atoms with E-state index in [1.54, 1.807) is 0 Å². The standard InChI is InChI=1S/C53H88O7/c1-8-10-11-12-13-14-15-16-17-18-19-20-21-22-23-24-47(54)58-36-46-48(55)49(56)50(57)51(60-46)59-41-31-33-52(6)40(35-41)27-28-42-44-30-29-43(53(44,7)34-32-45(42)52)38(5)25-26-39(9-2)37(3)4/h10-11,13-14,16-17,27,37-39,41-46,48-51,55-57H,8-9,12,15,18-26,28-36H2,1-7H3/b11-10-,14-13-,17-16-/t38-,39-,41?,42+,43-,44+,45+,46-,48-,49+,50-,51-,52+,53-/m1/s1. The Balaban J connectivity index is 1.03. The molecule has 0 bridgehead atoms. The van der Waals surface area contributed by atoms with Crippen LogP contribution in [0.2, 0.25) is 0 Å². The molecule has 0 aromatic heterocycles. The molecule has 342 valence electrons. The maximum atomic E-state index is 12.6. The molecule has 4 aliphatic carbocycles. The van der Waals surface area contributed by atoms with E-state index in [0.717, 1.165) is 119 Å². The number of aliphatic hydroxyl groups is 3. The number of hydrogen-bond acceptors (Lipinski definition) is 7. The first-order chi connectivity index (χ1) is 28.8. The highest BCUT2D eigenvalue weighted by Gasteiger charge is 2.59. The van der Waals surface area contributed by atoms with Gasteiger partial charge in [-0.1, -0.05) is 129 Å². The van der Waals surface area contributed by atoms with Crippen LogP contribution in [-0.2, 0) is 19.0 Å². The van der Waals surface area contributed by atoms with Crippen LogP contribution in [0.25, 0.3) is 0 Å². The van der Waals surface area contributed by atoms with Gasteiger partial charge in [0, 0.05) is 6.42 Å². The van der Waals surface area contributed by atoms with Crippen molar-refractivity contribution in [2.75, 3.05) is 6.61 Å². The Kier molecular flexibility index (Phi) is 19.5. The van der Waals surface area contributed by atoms with Gasteiger partial charge in [0.25, 0.3) is 0 Å². The van der Waals surface area contributed by atoms with Gasteiger partial charge in [-0.05, 0) is 149 Å². The molecule has 14 atom stereocenters. The van der Waals surface area contributed by atoms with Crippen LogP contribution in [0.4, 0.5) is 0 Å². The highest BCUT2D eigenvalue weighted by molar-refractivity contribution is 5.69. The van der Waals surface area contributed by atoms with Crippen LogP contribution in [0, 0.1) is 52.3 Å². The number of fused-ring (bicyclic) bond motifs is 5. The lowest BCUT2D eigenvalue weighted by Gasteiger charge is -2.58. The summed E-state index contributed by atoms with van der Waals surface area (Å²) in [7, 11) is 0. The Bertz CT molecular complexity index is 1420. The van der Waals surface area contributed by atoms with Gasteiger partial charge < -0.3 is 29.5 Å². The number of allylic oxidation sites excluding steroid dienone is 7. The van der Waals surface area contributed by atoms with E-state index in [4.69, 9.17) is 14.2 Å². The third-order valence-electron chi connectivity index (χ3n) is 16.7. The molecule has 0 aromatic rings. The van der Waals surface area contributed by atoms with E-state index >= 15 is 0 Å². The van der Waals surface area contributed by atoms with Crippen LogP contribution in [0.3, 0.4) is 0 Å². The lowest BCUT2D eigenvalue weighted by Crippen LogP contribution is -2.60. The van der Waals surface area contributed by atoms with Gasteiger partial charge in [0.05, 0.1) is 6.10 Å². The van der Waals surface area contributed by atoms with Gasteiger partial charge in [0.1, 0.15) is 31.0 Å². The van der Waals surface area contributed by atoms with Gasteiger partial charge in [-0.15, -0.1) is 0 Å². The fraction of sp³-hybridized carbons (Fsp3) is 0.830. The number of hydrogen-bond donors (Lipinski definition) is 3. The van der Waals surface area contributed by atoms with Crippen LogP contribution >= 0.6 is 0 Å². The molecule has 0 radical (unpaired) electrons. The van der Waals surface area contributed by atoms with Crippen molar-refractivity contribution in [3.8, 4) is 0 Å². The van der Waals surface area contributed by atoms with E-state index in [1.807, 2.05) is 0 Å². The number of rotatable bonds is 23. The molecule has 0 spiro atoms. The summed E-state index contributed by atoms with van der Waals surface area (Å²) in [4.78, 5) is 12.6. The van der Waals surface area contributed by atoms with E-state index in [9.17, 15) is 20.1 Å². The largest absolute Gasteiger partial charge is 0.463 e. The van der Waals surface area contributed by atoms with Crippen molar-refractivity contribution in [1.82, 2.24) is 0 Å². The van der Waals surface area contributed by atoms with Crippen LogP contribution in [0.1, 0.15) is 183 Å². The lowest BCUT2D eigenvalue weighted by atomic mass is 9.47. The zero-order chi connectivity index (χ0) is 43.3. The monoisotopic (exact) mass is 837 g/mol. The smallest absolute Gasteiger partial charge is 0.305 e. The second-order valence-electron chi connectivity index (χ2n) is 20.8. The summed E-state index contributed by atoms with van der Waals surface area (Å²) in [6.07, 6.45) is 32.3. The second kappa shape index (κ2) is 23.8. The second-order valence-corrected chi connectivity index (χ2v) is 20.8. The van der Waals surface area contributed by atoms with Crippen LogP contribution in [0.5, 0.6) is 0 Å². The Morgan fingerprint density at radius 3 is 2.28 bits per heavy atom. The zero-order valence-corrected chi connectivity index (χ0v) is 39.1. The number of carbonyl (C=O) groups is 1. The fourth-order valence-electron chi connectivity index (χ4n) is 12.9. The highest BCUT2D eigenvalue weighted by atomic mass is 16.7. The summed E-state index contributed by atoms with van der Waals surface area (Å²) in [5, 5.41) is 32.5. The topological polar surface area (TPSA) is 105 Å². The zero-order valence-electron chi connectivity index (χ0n) is 39.1. The van der Waals surface area contributed by atoms with Gasteiger partial charge in [-0.25, -0.2) is 0 Å². The molecule has 4 fully saturated rings. The van der Waals surface area contributed by atoms with Gasteiger partial charge in [0.15, 0.2) is 6.29 Å². The van der Waals surface area contributed by atoms with Crippen LogP contribution in [0.15, 0.2) is 48.1 Å². The average Bonchev–Trinajstić information content (AvgIpc) is 3.59. The van der Waals surface area contributed by atoms with E-state index in [2.05, 4.69) is 91.0 Å². The molecule has 7 nitrogen and oxygen atoms in total. The van der Waals surface area contributed by atoms with E-state index in [-0.39, 0.29) is 24.1 Å². The molecule has 5 rings (SSSR count). The SMILES string of the molecule is CC/C=C\C/C=C\C/C=C\CCCCCCCC(=O)OC[C@H]1O[C@@H](OC2CC[C@@]3(C)C(=CC[C@H]4[C@@H]5CC[C@H]([C@H](C)CC[C@@H](CC)C(C)C)[C@@]5(C)CC[C@@H]43)C2)[C@H](O)[C@@H](O)[C@@H]1O. The summed E-state index contributed by atoms with van der Waals surface area (Å²) in [6, 6.07) is 0. The lowest BCUT2D eigenvalue weighted by molar-refractivity contribution is -0.313. The number of ether oxygens (including phenoxy) is 3. The number of unbranched alkanes of at least 4 members (excludes halogenated alkanes) is 5. The third-order valence-corrected chi connectivity index (χ3v) is 16.7. The van der Waals surface area contributed by atoms with Gasteiger partial charge >= 0.3 is 5.97 Å². The van der Waals surface area contributed by atoms with Crippen molar-refractivity contribution >= 4 is 5.97 Å². The third kappa shape index (κ3) is 12.5. The van der Waals surface area contributed by atoms with Gasteiger partial charge in [0.2, 0.25) is 0 Å². The molecule has 1 aliphatic heterocycles. The Labute approximate surface area is 366 Å². The molecule has 1 saturated heterocycles. The molecule has 3 saturated carbocycles. The molecule has 7 heteroatoms. The average molecular weight is 837 g/mol. The Hall–Kier alpha value is -1.77. The van der Waals surface area contributed by atoms with Crippen LogP contribution < -0.4 is 0 Å². The molecule has 0 aromatic carbocycles. The molecule has 3 N–H and O–H groups in total. The minimum absolute atomic E-state index is 0.148. The van der Waals surface area contributed by atoms with Crippen molar-refractivity contribution < 1.29 is 34.3 Å². The summed E-state index contributed by atoms with van der Waals surface area (Å²) >= 11 is 0. The summed E-state index contributed by atoms with van der Waals surface area (Å²) in [6.45, 7) is 16.9. The molecule has 0 amide bonds. The Morgan fingerprint density at radius 1 is 0.833 bits per heavy atom. The van der Waals surface area contributed by atoms with E-state index < -0.39 is 30.7 Å². The van der Waals surface area contributed by atoms with Crippen LogP contribution in [-0.4, -0.2) is 64.7 Å². The van der Waals surface area contributed by atoms with E-state index in [1.165, 1.54) is 50.5 Å². The number of carbonyl (C=O) groups excluding carboxylic acids is 1. The molecule has 60 heavy (non-hydrogen) atoms. The van der Waals surface area contributed by atoms with Crippen molar-refractivity contribution in [3.63, 3.8) is 0 Å². The first-order valence-corrected chi connectivity index (χ1v) is 25.0. The normalized spacial score (nSPS) is 36.7. The predicted octanol–water partition coefficient (Wildman–Crippen LogP) is 12.0. The summed E-state index contributed by atoms with van der Waals surface area (Å²) in [5.41, 5.74) is 2.11. The fourth-order valence-corrected chi connectivity index (χ4v) is 12.9. The van der Waals surface area contributed by atoms with Gasteiger partial charge in [-0.3, -0.25) is 4.79 Å².